The Hall–Kier alpha value is -3.15. The molecule has 144 valence electrons. The van der Waals surface area contributed by atoms with Crippen LogP contribution < -0.4 is 4.74 Å². The third-order valence-electron chi connectivity index (χ3n) is 5.24. The van der Waals surface area contributed by atoms with Gasteiger partial charge in [-0.25, -0.2) is 4.98 Å². The predicted molar refractivity (Wildman–Crippen MR) is 106 cm³/mol. The van der Waals surface area contributed by atoms with E-state index in [4.69, 9.17) is 4.74 Å². The molecule has 0 aliphatic carbocycles. The van der Waals surface area contributed by atoms with Gasteiger partial charge in [0.25, 0.3) is 5.91 Å². The van der Waals surface area contributed by atoms with E-state index in [1.165, 1.54) is 5.56 Å². The maximum atomic E-state index is 13.0. The van der Waals surface area contributed by atoms with E-state index in [0.717, 1.165) is 31.8 Å². The molecule has 1 amide bonds. The summed E-state index contributed by atoms with van der Waals surface area (Å²) in [5, 5.41) is 0. The molecule has 0 saturated carbocycles. The number of nitrogens with zero attached hydrogens (tertiary/aromatic N) is 4. The summed E-state index contributed by atoms with van der Waals surface area (Å²) in [6, 6.07) is 11.4. The van der Waals surface area contributed by atoms with Crippen molar-refractivity contribution in [2.45, 2.75) is 25.3 Å². The van der Waals surface area contributed by atoms with E-state index < -0.39 is 0 Å². The van der Waals surface area contributed by atoms with Crippen LogP contribution in [0.1, 0.15) is 40.5 Å². The third kappa shape index (κ3) is 3.91. The maximum Gasteiger partial charge on any atom is 0.254 e. The summed E-state index contributed by atoms with van der Waals surface area (Å²) in [6.45, 7) is 2.22. The van der Waals surface area contributed by atoms with Crippen LogP contribution >= 0.6 is 0 Å². The molecule has 0 radical (unpaired) electrons. The molecule has 28 heavy (non-hydrogen) atoms. The molecule has 0 N–H and O–H groups in total. The molecule has 4 rings (SSSR count). The molecule has 0 bridgehead atoms. The van der Waals surface area contributed by atoms with Gasteiger partial charge < -0.3 is 14.2 Å². The van der Waals surface area contributed by atoms with Gasteiger partial charge in [-0.1, -0.05) is 6.07 Å². The lowest BCUT2D eigenvalue weighted by Gasteiger charge is -2.33. The number of aromatic nitrogens is 3. The number of ether oxygens (including phenoxy) is 1. The number of piperidine rings is 1. The lowest BCUT2D eigenvalue weighted by molar-refractivity contribution is 0.0703. The molecule has 2 aromatic heterocycles. The Morgan fingerprint density at radius 2 is 2.07 bits per heavy atom. The first-order valence-corrected chi connectivity index (χ1v) is 9.58. The molecule has 3 heterocycles. The minimum atomic E-state index is 0.0517. The van der Waals surface area contributed by atoms with Crippen LogP contribution in [0.25, 0.3) is 0 Å². The molecule has 3 aromatic rings. The Morgan fingerprint density at radius 3 is 2.89 bits per heavy atom. The first-order chi connectivity index (χ1) is 13.7. The van der Waals surface area contributed by atoms with Gasteiger partial charge in [0.15, 0.2) is 0 Å². The molecular formula is C22H24N4O2. The van der Waals surface area contributed by atoms with Crippen molar-refractivity contribution in [3.63, 3.8) is 0 Å². The zero-order valence-electron chi connectivity index (χ0n) is 16.0. The van der Waals surface area contributed by atoms with E-state index >= 15 is 0 Å². The molecule has 0 spiro atoms. The predicted octanol–water partition coefficient (Wildman–Crippen LogP) is 3.35. The number of rotatable bonds is 5. The van der Waals surface area contributed by atoms with Crippen molar-refractivity contribution in [2.24, 2.45) is 0 Å². The SMILES string of the molecule is COc1cccc(C(=O)N2CCC[C@H](c3nccn3Cc3ccncc3)C2)c1. The summed E-state index contributed by atoms with van der Waals surface area (Å²) >= 11 is 0. The molecule has 6 nitrogen and oxygen atoms in total. The second-order valence-electron chi connectivity index (χ2n) is 7.09. The van der Waals surface area contributed by atoms with Crippen LogP contribution in [0.5, 0.6) is 5.75 Å². The van der Waals surface area contributed by atoms with Gasteiger partial charge in [-0.15, -0.1) is 0 Å². The monoisotopic (exact) mass is 376 g/mol. The number of hydrogen-bond donors (Lipinski definition) is 0. The average molecular weight is 376 g/mol. The highest BCUT2D eigenvalue weighted by Gasteiger charge is 2.28. The molecule has 1 fully saturated rings. The van der Waals surface area contributed by atoms with Gasteiger partial charge in [-0.3, -0.25) is 9.78 Å². The number of carbonyl (C=O) groups is 1. The number of likely N-dealkylation sites (tertiary alicyclic amines) is 1. The second kappa shape index (κ2) is 8.25. The van der Waals surface area contributed by atoms with E-state index in [2.05, 4.69) is 14.5 Å². The van der Waals surface area contributed by atoms with Crippen molar-refractivity contribution in [2.75, 3.05) is 20.2 Å². The fourth-order valence-electron chi connectivity index (χ4n) is 3.81. The molecule has 1 atom stereocenters. The summed E-state index contributed by atoms with van der Waals surface area (Å²) in [4.78, 5) is 23.6. The molecule has 6 heteroatoms. The minimum Gasteiger partial charge on any atom is -0.497 e. The van der Waals surface area contributed by atoms with Crippen molar-refractivity contribution >= 4 is 5.91 Å². The molecule has 0 unspecified atom stereocenters. The maximum absolute atomic E-state index is 13.0. The number of pyridine rings is 1. The largest absolute Gasteiger partial charge is 0.497 e. The van der Waals surface area contributed by atoms with Crippen LogP contribution in [-0.4, -0.2) is 45.5 Å². The van der Waals surface area contributed by atoms with Crippen LogP contribution in [0, 0.1) is 0 Å². The Bertz CT molecular complexity index is 938. The topological polar surface area (TPSA) is 60.2 Å². The van der Waals surface area contributed by atoms with E-state index in [9.17, 15) is 4.79 Å². The Labute approximate surface area is 164 Å². The summed E-state index contributed by atoms with van der Waals surface area (Å²) in [7, 11) is 1.61. The highest BCUT2D eigenvalue weighted by atomic mass is 16.5. The summed E-state index contributed by atoms with van der Waals surface area (Å²) in [6.07, 6.45) is 9.48. The van der Waals surface area contributed by atoms with Crippen LogP contribution in [-0.2, 0) is 6.54 Å². The van der Waals surface area contributed by atoms with E-state index in [-0.39, 0.29) is 11.8 Å². The molecular weight excluding hydrogens is 352 g/mol. The van der Waals surface area contributed by atoms with Crippen molar-refractivity contribution in [3.8, 4) is 5.75 Å². The number of amides is 1. The first-order valence-electron chi connectivity index (χ1n) is 9.58. The van der Waals surface area contributed by atoms with Crippen LogP contribution in [0.4, 0.5) is 0 Å². The van der Waals surface area contributed by atoms with Crippen LogP contribution in [0.3, 0.4) is 0 Å². The summed E-state index contributed by atoms with van der Waals surface area (Å²) < 4.78 is 7.44. The molecule has 1 aromatic carbocycles. The van der Waals surface area contributed by atoms with E-state index in [1.54, 1.807) is 25.6 Å². The van der Waals surface area contributed by atoms with Gasteiger partial charge in [0, 0.05) is 55.9 Å². The van der Waals surface area contributed by atoms with Gasteiger partial charge in [-0.05, 0) is 48.7 Å². The smallest absolute Gasteiger partial charge is 0.254 e. The quantitative estimate of drug-likeness (QED) is 0.685. The van der Waals surface area contributed by atoms with E-state index in [1.807, 2.05) is 47.6 Å². The highest BCUT2D eigenvalue weighted by molar-refractivity contribution is 5.94. The number of hydrogen-bond acceptors (Lipinski definition) is 4. The summed E-state index contributed by atoms with van der Waals surface area (Å²) in [5.74, 6) is 2.03. The van der Waals surface area contributed by atoms with Gasteiger partial charge in [-0.2, -0.15) is 0 Å². The fraction of sp³-hybridized carbons (Fsp3) is 0.318. The van der Waals surface area contributed by atoms with Gasteiger partial charge in [0.05, 0.1) is 7.11 Å². The lowest BCUT2D eigenvalue weighted by Crippen LogP contribution is -2.39. The number of imidazole rings is 1. The first kappa shape index (κ1) is 18.2. The minimum absolute atomic E-state index is 0.0517. The van der Waals surface area contributed by atoms with Crippen molar-refractivity contribution in [3.05, 3.63) is 78.1 Å². The number of methoxy groups -OCH3 is 1. The zero-order chi connectivity index (χ0) is 19.3. The zero-order valence-corrected chi connectivity index (χ0v) is 16.0. The Morgan fingerprint density at radius 1 is 1.21 bits per heavy atom. The van der Waals surface area contributed by atoms with Gasteiger partial charge in [0.2, 0.25) is 0 Å². The lowest BCUT2D eigenvalue weighted by atomic mass is 9.96. The van der Waals surface area contributed by atoms with E-state index in [0.29, 0.717) is 17.9 Å². The third-order valence-corrected chi connectivity index (χ3v) is 5.24. The van der Waals surface area contributed by atoms with Crippen molar-refractivity contribution in [1.82, 2.24) is 19.4 Å². The standard InChI is InChI=1S/C22H24N4O2/c1-28-20-6-2-4-18(14-20)22(27)26-12-3-5-19(16-26)21-24-11-13-25(21)15-17-7-9-23-10-8-17/h2,4,6-11,13-14,19H,3,5,12,15-16H2,1H3/t19-/m0/s1. The van der Waals surface area contributed by atoms with Crippen LogP contribution in [0.2, 0.25) is 0 Å². The summed E-state index contributed by atoms with van der Waals surface area (Å²) in [5.41, 5.74) is 1.86. The van der Waals surface area contributed by atoms with Crippen LogP contribution in [0.15, 0.2) is 61.2 Å². The van der Waals surface area contributed by atoms with Gasteiger partial charge in [0.1, 0.15) is 11.6 Å². The molecule has 1 saturated heterocycles. The molecule has 1 aliphatic rings. The fourth-order valence-corrected chi connectivity index (χ4v) is 3.81. The number of carbonyl (C=O) groups excluding carboxylic acids is 1. The highest BCUT2D eigenvalue weighted by Crippen LogP contribution is 2.27. The normalized spacial score (nSPS) is 16.8. The average Bonchev–Trinajstić information content (AvgIpc) is 3.22. The van der Waals surface area contributed by atoms with Gasteiger partial charge >= 0.3 is 0 Å². The van der Waals surface area contributed by atoms with Crippen molar-refractivity contribution in [1.29, 1.82) is 0 Å². The van der Waals surface area contributed by atoms with Crippen molar-refractivity contribution < 1.29 is 9.53 Å². The molecule has 1 aliphatic heterocycles. The Balaban J connectivity index is 1.50. The Kier molecular flexibility index (Phi) is 5.37. The second-order valence-corrected chi connectivity index (χ2v) is 7.09. The number of benzene rings is 1.